The van der Waals surface area contributed by atoms with Gasteiger partial charge in [0, 0.05) is 23.7 Å². The lowest BCUT2D eigenvalue weighted by Crippen LogP contribution is -2.69. The van der Waals surface area contributed by atoms with Crippen molar-refractivity contribution in [3.63, 3.8) is 0 Å². The number of allylic oxidation sites excluding steroid dienone is 1. The Labute approximate surface area is 246 Å². The minimum Gasteiger partial charge on any atom is -0.410 e. The third-order valence-electron chi connectivity index (χ3n) is 10.6. The van der Waals surface area contributed by atoms with Gasteiger partial charge < -0.3 is 18.3 Å². The second-order valence-corrected chi connectivity index (χ2v) is 25.1. The minimum absolute atomic E-state index is 0.0185. The van der Waals surface area contributed by atoms with Crippen LogP contribution in [0.5, 0.6) is 0 Å². The summed E-state index contributed by atoms with van der Waals surface area (Å²) >= 11 is 0. The van der Waals surface area contributed by atoms with E-state index in [4.69, 9.17) is 18.3 Å². The van der Waals surface area contributed by atoms with E-state index in [9.17, 15) is 4.79 Å². The molecule has 2 saturated carbocycles. The molecule has 7 heteroatoms. The van der Waals surface area contributed by atoms with Crippen molar-refractivity contribution in [1.82, 2.24) is 0 Å². The maximum absolute atomic E-state index is 13.3. The SMILES string of the molecule is C=CC(=O)C[C@]1(O[Si](C)(C)C)CC[C@@]23[C@H](OC(C)C)O[C@@H](C[C@@H]2C)[C@@H]2[C@H]3C1=C(C(=C)C)[C@@H]2O[Si](C)(C)C(C)(C)C. The maximum atomic E-state index is 13.3. The van der Waals surface area contributed by atoms with Crippen molar-refractivity contribution in [2.24, 2.45) is 23.2 Å². The van der Waals surface area contributed by atoms with Gasteiger partial charge in [0.15, 0.2) is 28.7 Å². The van der Waals surface area contributed by atoms with Gasteiger partial charge in [-0.1, -0.05) is 46.4 Å². The zero-order valence-corrected chi connectivity index (χ0v) is 29.4. The van der Waals surface area contributed by atoms with E-state index in [-0.39, 0.29) is 52.7 Å². The van der Waals surface area contributed by atoms with Crippen LogP contribution in [0.4, 0.5) is 0 Å². The Balaban J connectivity index is 2.02. The van der Waals surface area contributed by atoms with Crippen molar-refractivity contribution < 1.29 is 23.1 Å². The van der Waals surface area contributed by atoms with Crippen LogP contribution >= 0.6 is 0 Å². The first-order valence-corrected chi connectivity index (χ1v) is 21.8. The standard InChI is InChI=1S/C33H56O5Si2/c1-15-23(34)19-32(38-39(10,11)12)16-17-33-22(6)18-24(36-30(33)35-21(4)5)26-28(33)27(32)25(20(2)3)29(26)37-40(13,14)31(7,8)9/h15,21-22,24,26,28-30H,1-2,16-19H2,3-14H3/t22-,24-,26+,28-,29-,30+,32+,33+/m0/s1. The number of carbonyl (C=O) groups is 1. The zero-order valence-electron chi connectivity index (χ0n) is 27.4. The maximum Gasteiger partial charge on any atom is 0.192 e. The van der Waals surface area contributed by atoms with Crippen LogP contribution in [0.25, 0.3) is 0 Å². The highest BCUT2D eigenvalue weighted by Gasteiger charge is 2.73. The number of ketones is 1. The van der Waals surface area contributed by atoms with Crippen molar-refractivity contribution in [2.75, 3.05) is 0 Å². The predicted octanol–water partition coefficient (Wildman–Crippen LogP) is 8.20. The average molecular weight is 589 g/mol. The summed E-state index contributed by atoms with van der Waals surface area (Å²) in [5, 5.41) is 0.0547. The van der Waals surface area contributed by atoms with E-state index in [1.807, 2.05) is 0 Å². The molecule has 0 aromatic rings. The Bertz CT molecular complexity index is 1080. The molecule has 40 heavy (non-hydrogen) atoms. The summed E-state index contributed by atoms with van der Waals surface area (Å²) in [7, 11) is -4.26. The molecule has 2 bridgehead atoms. The largest absolute Gasteiger partial charge is 0.410 e. The number of ether oxygens (including phenoxy) is 2. The molecule has 0 amide bonds. The summed E-state index contributed by atoms with van der Waals surface area (Å²) in [5.74, 6) is 0.767. The molecule has 226 valence electrons. The molecule has 0 unspecified atom stereocenters. The fourth-order valence-corrected chi connectivity index (χ4v) is 10.9. The van der Waals surface area contributed by atoms with Gasteiger partial charge in [0.25, 0.3) is 0 Å². The summed E-state index contributed by atoms with van der Waals surface area (Å²) < 4.78 is 28.2. The van der Waals surface area contributed by atoms with Gasteiger partial charge in [-0.3, -0.25) is 4.79 Å². The van der Waals surface area contributed by atoms with Crippen LogP contribution in [0, 0.1) is 23.2 Å². The zero-order chi connectivity index (χ0) is 30.2. The van der Waals surface area contributed by atoms with Crippen molar-refractivity contribution in [3.8, 4) is 0 Å². The molecule has 2 aliphatic heterocycles. The third-order valence-corrected chi connectivity index (χ3v) is 16.1. The lowest BCUT2D eigenvalue weighted by molar-refractivity contribution is -0.355. The molecule has 0 aromatic carbocycles. The second kappa shape index (κ2) is 10.4. The van der Waals surface area contributed by atoms with Gasteiger partial charge in [-0.05, 0) is 101 Å². The van der Waals surface area contributed by atoms with Crippen molar-refractivity contribution >= 4 is 22.4 Å². The van der Waals surface area contributed by atoms with Crippen LogP contribution in [0.3, 0.4) is 0 Å². The number of hydrogen-bond acceptors (Lipinski definition) is 5. The molecule has 8 atom stereocenters. The molecule has 5 aliphatic rings. The van der Waals surface area contributed by atoms with Gasteiger partial charge in [0.2, 0.25) is 0 Å². The van der Waals surface area contributed by atoms with Gasteiger partial charge in [0.05, 0.1) is 23.9 Å². The average Bonchev–Trinajstić information content (AvgIpc) is 3.12. The van der Waals surface area contributed by atoms with Crippen LogP contribution in [-0.2, 0) is 23.1 Å². The molecular formula is C33H56O5Si2. The number of rotatable bonds is 10. The topological polar surface area (TPSA) is 54.0 Å². The van der Waals surface area contributed by atoms with E-state index < -0.39 is 22.2 Å². The van der Waals surface area contributed by atoms with Gasteiger partial charge in [-0.25, -0.2) is 0 Å². The summed E-state index contributed by atoms with van der Waals surface area (Å²) in [6, 6.07) is 0. The molecule has 3 aliphatic carbocycles. The van der Waals surface area contributed by atoms with Crippen LogP contribution < -0.4 is 0 Å². The fourth-order valence-electron chi connectivity index (χ4n) is 8.14. The van der Waals surface area contributed by atoms with Crippen molar-refractivity contribution in [3.05, 3.63) is 36.0 Å². The molecule has 2 heterocycles. The van der Waals surface area contributed by atoms with E-state index in [0.29, 0.717) is 12.3 Å². The van der Waals surface area contributed by atoms with Gasteiger partial charge >= 0.3 is 0 Å². The van der Waals surface area contributed by atoms with Crippen molar-refractivity contribution in [2.45, 2.75) is 142 Å². The summed E-state index contributed by atoms with van der Waals surface area (Å²) in [6.07, 6.45) is 4.11. The molecule has 1 spiro atoms. The normalized spacial score (nSPS) is 37.6. The molecule has 5 rings (SSSR count). The summed E-state index contributed by atoms with van der Waals surface area (Å²) in [6.45, 7) is 35.4. The Morgan fingerprint density at radius 3 is 2.30 bits per heavy atom. The summed E-state index contributed by atoms with van der Waals surface area (Å²) in [5.41, 5.74) is 2.59. The van der Waals surface area contributed by atoms with E-state index in [0.717, 1.165) is 24.8 Å². The number of hydrogen-bond donors (Lipinski definition) is 0. The molecule has 2 saturated heterocycles. The first kappa shape index (κ1) is 32.1. The number of carbonyl (C=O) groups excluding carboxylic acids is 1. The highest BCUT2D eigenvalue weighted by molar-refractivity contribution is 6.74. The minimum atomic E-state index is -2.18. The molecule has 0 N–H and O–H groups in total. The van der Waals surface area contributed by atoms with Gasteiger partial charge in [-0.15, -0.1) is 0 Å². The Hall–Kier alpha value is -0.836. The van der Waals surface area contributed by atoms with Gasteiger partial charge in [0.1, 0.15) is 0 Å². The fraction of sp³-hybridized carbons (Fsp3) is 0.788. The van der Waals surface area contributed by atoms with Crippen LogP contribution in [0.2, 0.25) is 37.8 Å². The molecular weight excluding hydrogens is 533 g/mol. The Morgan fingerprint density at radius 1 is 1.18 bits per heavy atom. The predicted molar refractivity (Wildman–Crippen MR) is 168 cm³/mol. The van der Waals surface area contributed by atoms with Crippen LogP contribution in [0.15, 0.2) is 36.0 Å². The smallest absolute Gasteiger partial charge is 0.192 e. The monoisotopic (exact) mass is 588 g/mol. The van der Waals surface area contributed by atoms with E-state index >= 15 is 0 Å². The first-order chi connectivity index (χ1) is 18.2. The molecule has 0 aromatic heterocycles. The van der Waals surface area contributed by atoms with E-state index in [1.54, 1.807) is 0 Å². The van der Waals surface area contributed by atoms with Crippen molar-refractivity contribution in [1.29, 1.82) is 0 Å². The molecule has 0 radical (unpaired) electrons. The lowest BCUT2D eigenvalue weighted by atomic mass is 9.46. The molecule has 5 nitrogen and oxygen atoms in total. The Kier molecular flexibility index (Phi) is 8.35. The third kappa shape index (κ3) is 5.15. The highest BCUT2D eigenvalue weighted by Crippen LogP contribution is 2.72. The summed E-state index contributed by atoms with van der Waals surface area (Å²) in [4.78, 5) is 13.3. The first-order valence-electron chi connectivity index (χ1n) is 15.5. The quantitative estimate of drug-likeness (QED) is 0.190. The van der Waals surface area contributed by atoms with E-state index in [1.165, 1.54) is 17.2 Å². The highest BCUT2D eigenvalue weighted by atomic mass is 28.4. The van der Waals surface area contributed by atoms with Crippen LogP contribution in [-0.4, -0.2) is 52.6 Å². The lowest BCUT2D eigenvalue weighted by Gasteiger charge is -2.66. The van der Waals surface area contributed by atoms with Crippen LogP contribution in [0.1, 0.15) is 74.1 Å². The molecule has 4 fully saturated rings. The Morgan fingerprint density at radius 2 is 1.80 bits per heavy atom. The van der Waals surface area contributed by atoms with Gasteiger partial charge in [-0.2, -0.15) is 0 Å². The second-order valence-electron chi connectivity index (χ2n) is 16.0. The van der Waals surface area contributed by atoms with E-state index in [2.05, 4.69) is 94.4 Å². The number of fused-ring (bicyclic) bond motifs is 2.